The molecule has 1 aliphatic heterocycles. The van der Waals surface area contributed by atoms with E-state index in [4.69, 9.17) is 10.5 Å². The molecular weight excluding hydrogens is 172 g/mol. The minimum Gasteiger partial charge on any atom is -0.391 e. The molecule has 0 aromatic rings. The smallest absolute Gasteiger partial charge is 0.241 e. The zero-order valence-corrected chi connectivity index (χ0v) is 7.53. The molecule has 75 valence electrons. The number of β-amino-alcohol motifs (C(OH)–C–C–N with tert-alkyl or cyclic N) is 1. The van der Waals surface area contributed by atoms with Crippen LogP contribution in [0.15, 0.2) is 0 Å². The first-order valence-electron chi connectivity index (χ1n) is 4.41. The van der Waals surface area contributed by atoms with Crippen LogP contribution >= 0.6 is 0 Å². The number of hydrogen-bond donors (Lipinski definition) is 1. The molecular formula is C8H15N2O3. The van der Waals surface area contributed by atoms with E-state index in [0.717, 1.165) is 13.1 Å². The molecule has 0 saturated carbocycles. The number of nitrogens with zero attached hydrogens (tertiary/aromatic N) is 1. The Morgan fingerprint density at radius 3 is 2.69 bits per heavy atom. The van der Waals surface area contributed by atoms with Gasteiger partial charge in [-0.15, -0.1) is 0 Å². The van der Waals surface area contributed by atoms with Crippen LogP contribution in [0.2, 0.25) is 0 Å². The lowest BCUT2D eigenvalue weighted by atomic mass is 10.2. The summed E-state index contributed by atoms with van der Waals surface area (Å²) in [4.78, 5) is 12.4. The lowest BCUT2D eigenvalue weighted by Crippen LogP contribution is -2.41. The van der Waals surface area contributed by atoms with Gasteiger partial charge in [-0.2, -0.15) is 0 Å². The fourth-order valence-electron chi connectivity index (χ4n) is 1.36. The van der Waals surface area contributed by atoms with Gasteiger partial charge in [0.15, 0.2) is 0 Å². The third-order valence-electron chi connectivity index (χ3n) is 1.99. The Hall–Kier alpha value is -0.650. The summed E-state index contributed by atoms with van der Waals surface area (Å²) in [6, 6.07) is 0. The van der Waals surface area contributed by atoms with Crippen molar-refractivity contribution >= 4 is 5.91 Å². The van der Waals surface area contributed by atoms with E-state index in [9.17, 15) is 9.90 Å². The van der Waals surface area contributed by atoms with Crippen molar-refractivity contribution in [2.45, 2.75) is 12.5 Å². The molecule has 1 atom stereocenters. The van der Waals surface area contributed by atoms with Crippen molar-refractivity contribution in [3.63, 3.8) is 0 Å². The molecule has 2 N–H and O–H groups in total. The number of carbonyl (C=O) groups excluding carboxylic acids is 1. The third-order valence-corrected chi connectivity index (χ3v) is 1.99. The monoisotopic (exact) mass is 187 g/mol. The van der Waals surface area contributed by atoms with E-state index in [2.05, 4.69) is 0 Å². The number of ether oxygens (including phenoxy) is 1. The Labute approximate surface area is 77.5 Å². The molecule has 1 rings (SSSR count). The van der Waals surface area contributed by atoms with Crippen LogP contribution in [-0.2, 0) is 9.53 Å². The molecule has 1 saturated heterocycles. The molecule has 0 aromatic heterocycles. The number of morpholine rings is 1. The highest BCUT2D eigenvalue weighted by atomic mass is 16.5. The van der Waals surface area contributed by atoms with Crippen LogP contribution in [0.4, 0.5) is 0 Å². The first kappa shape index (κ1) is 10.4. The van der Waals surface area contributed by atoms with Crippen molar-refractivity contribution in [1.82, 2.24) is 10.6 Å². The molecule has 5 heteroatoms. The van der Waals surface area contributed by atoms with Crippen LogP contribution in [0.3, 0.4) is 0 Å². The summed E-state index contributed by atoms with van der Waals surface area (Å²) in [5.41, 5.74) is 6.68. The molecule has 1 fully saturated rings. The van der Waals surface area contributed by atoms with Crippen molar-refractivity contribution < 1.29 is 14.6 Å². The number of aliphatic hydroxyl groups excluding tert-OH is 1. The van der Waals surface area contributed by atoms with Crippen LogP contribution in [0.5, 0.6) is 0 Å². The van der Waals surface area contributed by atoms with Crippen LogP contribution in [-0.4, -0.2) is 54.9 Å². The largest absolute Gasteiger partial charge is 0.391 e. The van der Waals surface area contributed by atoms with E-state index in [0.29, 0.717) is 19.8 Å². The van der Waals surface area contributed by atoms with Crippen LogP contribution in [0, 0.1) is 0 Å². The summed E-state index contributed by atoms with van der Waals surface area (Å²) >= 11 is 0. The van der Waals surface area contributed by atoms with Crippen molar-refractivity contribution in [3.05, 3.63) is 0 Å². The van der Waals surface area contributed by atoms with Crippen molar-refractivity contribution in [3.8, 4) is 0 Å². The molecule has 13 heavy (non-hydrogen) atoms. The molecule has 5 nitrogen and oxygen atoms in total. The molecule has 0 spiro atoms. The number of nitrogens with one attached hydrogen (secondary N) is 1. The predicted molar refractivity (Wildman–Crippen MR) is 46.0 cm³/mol. The normalized spacial score (nSPS) is 21.3. The number of carbonyl (C=O) groups is 1. The molecule has 1 amide bonds. The van der Waals surface area contributed by atoms with Crippen LogP contribution in [0.1, 0.15) is 6.42 Å². The highest BCUT2D eigenvalue weighted by molar-refractivity contribution is 5.73. The zero-order valence-electron chi connectivity index (χ0n) is 7.53. The van der Waals surface area contributed by atoms with Gasteiger partial charge >= 0.3 is 0 Å². The second-order valence-electron chi connectivity index (χ2n) is 3.19. The molecule has 0 aromatic carbocycles. The minimum absolute atomic E-state index is 0.0721. The van der Waals surface area contributed by atoms with E-state index in [1.165, 1.54) is 0 Å². The van der Waals surface area contributed by atoms with E-state index in [1.54, 1.807) is 0 Å². The van der Waals surface area contributed by atoms with Gasteiger partial charge in [-0.25, -0.2) is 0 Å². The maximum atomic E-state index is 10.4. The average Bonchev–Trinajstić information content (AvgIpc) is 2.04. The van der Waals surface area contributed by atoms with Gasteiger partial charge in [-0.05, 0) is 0 Å². The van der Waals surface area contributed by atoms with Gasteiger partial charge in [0.05, 0.1) is 25.7 Å². The Bertz CT molecular complexity index is 169. The highest BCUT2D eigenvalue weighted by Crippen LogP contribution is 2.00. The maximum absolute atomic E-state index is 10.4. The van der Waals surface area contributed by atoms with E-state index in [-0.39, 0.29) is 6.42 Å². The number of aliphatic hydroxyl groups is 1. The SMILES string of the molecule is [NH]C(=O)CC(O)CN1CCOCC1. The first-order valence-corrected chi connectivity index (χ1v) is 4.41. The van der Waals surface area contributed by atoms with Crippen LogP contribution < -0.4 is 5.73 Å². The Morgan fingerprint density at radius 2 is 2.15 bits per heavy atom. The first-order chi connectivity index (χ1) is 6.18. The van der Waals surface area contributed by atoms with Gasteiger partial charge in [-0.1, -0.05) is 0 Å². The minimum atomic E-state index is -0.708. The van der Waals surface area contributed by atoms with Crippen molar-refractivity contribution in [2.75, 3.05) is 32.8 Å². The summed E-state index contributed by atoms with van der Waals surface area (Å²) in [5, 5.41) is 9.35. The third kappa shape index (κ3) is 4.21. The summed E-state index contributed by atoms with van der Waals surface area (Å²) in [7, 11) is 0. The standard InChI is InChI=1S/C8H15N2O3/c9-8(12)5-7(11)6-10-1-3-13-4-2-10/h7,9,11H,1-6H2. The van der Waals surface area contributed by atoms with Gasteiger partial charge in [0.1, 0.15) is 0 Å². The lowest BCUT2D eigenvalue weighted by Gasteiger charge is -2.28. The second kappa shape index (κ2) is 5.16. The zero-order chi connectivity index (χ0) is 9.68. The van der Waals surface area contributed by atoms with Crippen LogP contribution in [0.25, 0.3) is 0 Å². The van der Waals surface area contributed by atoms with Gasteiger partial charge in [0.25, 0.3) is 0 Å². The van der Waals surface area contributed by atoms with Crippen molar-refractivity contribution in [1.29, 1.82) is 0 Å². The van der Waals surface area contributed by atoms with E-state index < -0.39 is 12.0 Å². The fourth-order valence-corrected chi connectivity index (χ4v) is 1.36. The summed E-state index contributed by atoms with van der Waals surface area (Å²) in [6.07, 6.45) is -0.778. The number of rotatable bonds is 4. The topological polar surface area (TPSA) is 73.6 Å². The summed E-state index contributed by atoms with van der Waals surface area (Å²) < 4.78 is 5.14. The fraction of sp³-hybridized carbons (Fsp3) is 0.875. The Morgan fingerprint density at radius 1 is 1.54 bits per heavy atom. The highest BCUT2D eigenvalue weighted by Gasteiger charge is 2.16. The molecule has 1 radical (unpaired) electrons. The molecule has 1 aliphatic rings. The molecule has 1 unspecified atom stereocenters. The number of amides is 1. The van der Waals surface area contributed by atoms with Gasteiger partial charge in [0, 0.05) is 19.6 Å². The Balaban J connectivity index is 2.18. The molecule has 0 aliphatic carbocycles. The number of hydrogen-bond acceptors (Lipinski definition) is 4. The summed E-state index contributed by atoms with van der Waals surface area (Å²) in [5.74, 6) is -0.708. The van der Waals surface area contributed by atoms with Gasteiger partial charge in [-0.3, -0.25) is 15.4 Å². The maximum Gasteiger partial charge on any atom is 0.241 e. The van der Waals surface area contributed by atoms with Gasteiger partial charge < -0.3 is 9.84 Å². The Kier molecular flexibility index (Phi) is 4.14. The van der Waals surface area contributed by atoms with Crippen molar-refractivity contribution in [2.24, 2.45) is 0 Å². The van der Waals surface area contributed by atoms with Gasteiger partial charge in [0.2, 0.25) is 5.91 Å². The molecule has 0 bridgehead atoms. The second-order valence-corrected chi connectivity index (χ2v) is 3.19. The molecule has 1 heterocycles. The summed E-state index contributed by atoms with van der Waals surface area (Å²) in [6.45, 7) is 3.42. The van der Waals surface area contributed by atoms with E-state index >= 15 is 0 Å². The average molecular weight is 187 g/mol. The van der Waals surface area contributed by atoms with E-state index in [1.807, 2.05) is 4.90 Å². The quantitative estimate of drug-likeness (QED) is 0.605. The lowest BCUT2D eigenvalue weighted by molar-refractivity contribution is -0.120. The predicted octanol–water partition coefficient (Wildman–Crippen LogP) is -1.12.